The maximum atomic E-state index is 13.7. The van der Waals surface area contributed by atoms with Crippen LogP contribution < -0.4 is 0 Å². The van der Waals surface area contributed by atoms with Crippen LogP contribution in [0.5, 0.6) is 0 Å². The number of rotatable bonds is 4. The van der Waals surface area contributed by atoms with Gasteiger partial charge in [0, 0.05) is 43.7 Å². The van der Waals surface area contributed by atoms with Crippen molar-refractivity contribution in [2.24, 2.45) is 7.05 Å². The topological polar surface area (TPSA) is 68.3 Å². The Morgan fingerprint density at radius 3 is 2.48 bits per heavy atom. The van der Waals surface area contributed by atoms with E-state index in [1.165, 1.54) is 11.0 Å². The largest absolute Gasteiger partial charge is 0.364 e. The average molecular weight is 397 g/mol. The molecule has 144 valence electrons. The highest BCUT2D eigenvalue weighted by Gasteiger charge is 2.33. The predicted octanol–water partition coefficient (Wildman–Crippen LogP) is 2.95. The van der Waals surface area contributed by atoms with Gasteiger partial charge in [-0.2, -0.15) is 19.0 Å². The van der Waals surface area contributed by atoms with E-state index >= 15 is 0 Å². The Morgan fingerprint density at radius 1 is 1.26 bits per heavy atom. The fourth-order valence-corrected chi connectivity index (χ4v) is 3.09. The van der Waals surface area contributed by atoms with Gasteiger partial charge in [-0.15, -0.1) is 0 Å². The van der Waals surface area contributed by atoms with Crippen molar-refractivity contribution in [2.75, 3.05) is 7.05 Å². The number of amides is 1. The summed E-state index contributed by atoms with van der Waals surface area (Å²) in [6.45, 7) is 5.68. The van der Waals surface area contributed by atoms with Gasteiger partial charge in [0.05, 0.1) is 5.69 Å². The Morgan fingerprint density at radius 2 is 1.93 bits per heavy atom. The van der Waals surface area contributed by atoms with E-state index in [1.54, 1.807) is 18.7 Å². The Bertz CT molecular complexity index is 1040. The number of alkyl halides is 3. The molecule has 0 aromatic carbocycles. The summed E-state index contributed by atoms with van der Waals surface area (Å²) in [5, 5.41) is 4.71. The van der Waals surface area contributed by atoms with E-state index in [1.807, 2.05) is 20.9 Å². The van der Waals surface area contributed by atoms with Crippen LogP contribution in [0.2, 0.25) is 0 Å². The van der Waals surface area contributed by atoms with E-state index in [9.17, 15) is 13.6 Å². The molecular weight excluding hydrogens is 378 g/mol. The molecule has 3 rings (SSSR count). The van der Waals surface area contributed by atoms with Gasteiger partial charge in [0.2, 0.25) is 0 Å². The summed E-state index contributed by atoms with van der Waals surface area (Å²) in [5.41, 5.74) is 2.67. The molecule has 0 aliphatic rings. The molecule has 0 bridgehead atoms. The lowest BCUT2D eigenvalue weighted by Gasteiger charge is -2.16. The summed E-state index contributed by atoms with van der Waals surface area (Å²) >= 11 is 5.18. The van der Waals surface area contributed by atoms with Crippen LogP contribution in [0.3, 0.4) is 0 Å². The van der Waals surface area contributed by atoms with Crippen LogP contribution in [0, 0.1) is 20.8 Å². The third-order valence-corrected chi connectivity index (χ3v) is 4.66. The lowest BCUT2D eigenvalue weighted by atomic mass is 10.2. The maximum absolute atomic E-state index is 13.7. The molecule has 0 fully saturated rings. The molecule has 1 amide bonds. The molecule has 3 aromatic rings. The highest BCUT2D eigenvalue weighted by molar-refractivity contribution is 6.21. The fourth-order valence-electron chi connectivity index (χ4n) is 2.96. The summed E-state index contributed by atoms with van der Waals surface area (Å²) in [4.78, 5) is 18.4. The van der Waals surface area contributed by atoms with E-state index < -0.39 is 17.0 Å². The van der Waals surface area contributed by atoms with Crippen molar-refractivity contribution in [1.29, 1.82) is 0 Å². The van der Waals surface area contributed by atoms with E-state index in [4.69, 9.17) is 11.6 Å². The van der Waals surface area contributed by atoms with Crippen molar-refractivity contribution in [1.82, 2.24) is 29.3 Å². The highest BCUT2D eigenvalue weighted by atomic mass is 35.5. The number of hydrogen-bond donors (Lipinski definition) is 0. The summed E-state index contributed by atoms with van der Waals surface area (Å²) in [6.07, 6.45) is 0. The summed E-state index contributed by atoms with van der Waals surface area (Å²) < 4.78 is 30.0. The van der Waals surface area contributed by atoms with Crippen molar-refractivity contribution >= 4 is 23.2 Å². The van der Waals surface area contributed by atoms with Gasteiger partial charge in [0.25, 0.3) is 5.91 Å². The third-order valence-electron chi connectivity index (χ3n) is 4.47. The molecule has 0 saturated carbocycles. The van der Waals surface area contributed by atoms with Crippen LogP contribution in [-0.4, -0.2) is 42.2 Å². The van der Waals surface area contributed by atoms with E-state index in [2.05, 4.69) is 15.2 Å². The van der Waals surface area contributed by atoms with Gasteiger partial charge in [0.15, 0.2) is 11.3 Å². The molecule has 3 aromatic heterocycles. The van der Waals surface area contributed by atoms with E-state index in [0.717, 1.165) is 27.5 Å². The molecule has 10 heteroatoms. The average Bonchev–Trinajstić information content (AvgIpc) is 3.08. The summed E-state index contributed by atoms with van der Waals surface area (Å²) in [7, 11) is 3.45. The number of fused-ring (bicyclic) bond motifs is 1. The Hall–Kier alpha value is -2.55. The van der Waals surface area contributed by atoms with Crippen LogP contribution in [0.1, 0.15) is 38.8 Å². The van der Waals surface area contributed by atoms with Crippen molar-refractivity contribution < 1.29 is 13.6 Å². The number of aryl methyl sites for hydroxylation is 3. The van der Waals surface area contributed by atoms with Gasteiger partial charge >= 0.3 is 5.38 Å². The van der Waals surface area contributed by atoms with E-state index in [0.29, 0.717) is 12.2 Å². The second-order valence-electron chi connectivity index (χ2n) is 6.51. The lowest BCUT2D eigenvalue weighted by molar-refractivity contribution is 0.0772. The van der Waals surface area contributed by atoms with Crippen LogP contribution in [0.4, 0.5) is 8.78 Å². The van der Waals surface area contributed by atoms with Gasteiger partial charge in [-0.3, -0.25) is 9.48 Å². The first-order valence-corrected chi connectivity index (χ1v) is 8.56. The number of carbonyl (C=O) groups is 1. The van der Waals surface area contributed by atoms with Crippen LogP contribution in [-0.2, 0) is 19.0 Å². The SMILES string of the molecule is Cc1cc(C(F)(F)Cl)n2nc(C(=O)N(C)Cc3c(C)nn(C)c3C)cc2n1. The zero-order chi connectivity index (χ0) is 20.1. The Labute approximate surface area is 159 Å². The monoisotopic (exact) mass is 396 g/mol. The minimum atomic E-state index is -3.63. The van der Waals surface area contributed by atoms with Crippen molar-refractivity contribution in [3.63, 3.8) is 0 Å². The smallest absolute Gasteiger partial charge is 0.336 e. The molecule has 3 heterocycles. The van der Waals surface area contributed by atoms with Crippen molar-refractivity contribution in [2.45, 2.75) is 32.7 Å². The molecule has 0 aliphatic heterocycles. The van der Waals surface area contributed by atoms with Crippen LogP contribution in [0.25, 0.3) is 5.65 Å². The quantitative estimate of drug-likeness (QED) is 0.636. The zero-order valence-electron chi connectivity index (χ0n) is 15.6. The highest BCUT2D eigenvalue weighted by Crippen LogP contribution is 2.32. The standard InChI is InChI=1S/C17H19ClF2N6O/c1-9-6-14(17(18,19)20)26-15(21-9)7-13(23-26)16(27)24(4)8-12-10(2)22-25(5)11(12)3/h6-7H,8H2,1-5H3. The second kappa shape index (κ2) is 6.56. The van der Waals surface area contributed by atoms with E-state index in [-0.39, 0.29) is 11.3 Å². The third kappa shape index (κ3) is 3.51. The fraction of sp³-hybridized carbons (Fsp3) is 0.412. The number of aromatic nitrogens is 5. The molecule has 0 unspecified atom stereocenters. The van der Waals surface area contributed by atoms with Gasteiger partial charge in [0.1, 0.15) is 5.69 Å². The molecule has 0 saturated heterocycles. The van der Waals surface area contributed by atoms with Gasteiger partial charge in [-0.25, -0.2) is 9.50 Å². The van der Waals surface area contributed by atoms with Gasteiger partial charge in [-0.05, 0) is 38.4 Å². The van der Waals surface area contributed by atoms with Gasteiger partial charge < -0.3 is 4.90 Å². The second-order valence-corrected chi connectivity index (χ2v) is 6.99. The molecule has 0 aliphatic carbocycles. The van der Waals surface area contributed by atoms with Crippen LogP contribution in [0.15, 0.2) is 12.1 Å². The Balaban J connectivity index is 1.96. The molecule has 27 heavy (non-hydrogen) atoms. The van der Waals surface area contributed by atoms with Gasteiger partial charge in [-0.1, -0.05) is 0 Å². The van der Waals surface area contributed by atoms with Crippen LogP contribution >= 0.6 is 11.6 Å². The molecule has 7 nitrogen and oxygen atoms in total. The predicted molar refractivity (Wildman–Crippen MR) is 96.0 cm³/mol. The summed E-state index contributed by atoms with van der Waals surface area (Å²) in [5.74, 6) is -0.412. The molecule has 0 atom stereocenters. The first kappa shape index (κ1) is 19.2. The van der Waals surface area contributed by atoms with Crippen molar-refractivity contribution in [3.8, 4) is 0 Å². The normalized spacial score (nSPS) is 12.0. The molecule has 0 spiro atoms. The number of hydrogen-bond acceptors (Lipinski definition) is 4. The first-order chi connectivity index (χ1) is 12.5. The molecule has 0 radical (unpaired) electrons. The lowest BCUT2D eigenvalue weighted by Crippen LogP contribution is -2.27. The van der Waals surface area contributed by atoms with Crippen molar-refractivity contribution in [3.05, 3.63) is 46.2 Å². The number of halogens is 3. The minimum absolute atomic E-state index is 0.0111. The number of nitrogens with zero attached hydrogens (tertiary/aromatic N) is 6. The molecular formula is C17H19ClF2N6O. The summed E-state index contributed by atoms with van der Waals surface area (Å²) in [6, 6.07) is 2.52. The minimum Gasteiger partial charge on any atom is -0.336 e. The number of carbonyl (C=O) groups excluding carboxylic acids is 1. The zero-order valence-corrected chi connectivity index (χ0v) is 16.3. The molecule has 0 N–H and O–H groups in total. The maximum Gasteiger partial charge on any atom is 0.364 e. The first-order valence-electron chi connectivity index (χ1n) is 8.18. The Kier molecular flexibility index (Phi) is 4.67.